The summed E-state index contributed by atoms with van der Waals surface area (Å²) in [6.45, 7) is 5.08. The van der Waals surface area contributed by atoms with E-state index in [2.05, 4.69) is 27.8 Å². The molecule has 1 heterocycles. The number of carbonyl (C=O) groups is 2. The van der Waals surface area contributed by atoms with Crippen molar-refractivity contribution in [2.75, 3.05) is 26.2 Å². The maximum absolute atomic E-state index is 11.7. The van der Waals surface area contributed by atoms with Gasteiger partial charge in [-0.25, -0.2) is 4.79 Å². The molecule has 1 fully saturated rings. The Balaban J connectivity index is 2.40. The smallest absolute Gasteiger partial charge is 0.317 e. The highest BCUT2D eigenvalue weighted by atomic mass is 79.9. The summed E-state index contributed by atoms with van der Waals surface area (Å²) in [7, 11) is 0. The molecule has 0 spiro atoms. The lowest BCUT2D eigenvalue weighted by Crippen LogP contribution is -2.50. The first-order valence-electron chi connectivity index (χ1n) is 5.18. The molecule has 17 heavy (non-hydrogen) atoms. The summed E-state index contributed by atoms with van der Waals surface area (Å²) in [5.74, 6) is -0.925. The molecule has 1 rings (SSSR count). The third-order valence-corrected chi connectivity index (χ3v) is 2.54. The molecule has 1 aliphatic heterocycles. The van der Waals surface area contributed by atoms with Crippen molar-refractivity contribution >= 4 is 27.9 Å². The molecule has 1 unspecified atom stereocenters. The second kappa shape index (κ2) is 6.61. The Morgan fingerprint density at radius 2 is 2.29 bits per heavy atom. The molecule has 2 N–H and O–H groups in total. The van der Waals surface area contributed by atoms with Crippen LogP contribution < -0.4 is 5.32 Å². The summed E-state index contributed by atoms with van der Waals surface area (Å²) >= 11 is 3.14. The molecule has 6 nitrogen and oxygen atoms in total. The third-order valence-electron chi connectivity index (χ3n) is 2.26. The summed E-state index contributed by atoms with van der Waals surface area (Å²) in [6, 6.07) is -0.232. The number of nitrogens with zero attached hydrogens (tertiary/aromatic N) is 1. The maximum Gasteiger partial charge on any atom is 0.317 e. The van der Waals surface area contributed by atoms with E-state index in [1.807, 2.05) is 0 Å². The Morgan fingerprint density at radius 1 is 1.59 bits per heavy atom. The second-order valence-electron chi connectivity index (χ2n) is 3.71. The minimum Gasteiger partial charge on any atom is -0.481 e. The first-order chi connectivity index (χ1) is 7.99. The summed E-state index contributed by atoms with van der Waals surface area (Å²) in [5.41, 5.74) is 0. The van der Waals surface area contributed by atoms with E-state index < -0.39 is 12.1 Å². The van der Waals surface area contributed by atoms with Crippen molar-refractivity contribution in [2.45, 2.75) is 12.5 Å². The van der Waals surface area contributed by atoms with Gasteiger partial charge in [-0.2, -0.15) is 0 Å². The van der Waals surface area contributed by atoms with Gasteiger partial charge in [-0.05, 0) is 0 Å². The molecule has 0 aromatic carbocycles. The average Bonchev–Trinajstić information content (AvgIpc) is 2.25. The van der Waals surface area contributed by atoms with Gasteiger partial charge in [0.1, 0.15) is 0 Å². The molecule has 0 radical (unpaired) electrons. The number of urea groups is 1. The first kappa shape index (κ1) is 14.0. The third kappa shape index (κ3) is 5.18. The Bertz CT molecular complexity index is 321. The Morgan fingerprint density at radius 3 is 2.88 bits per heavy atom. The molecule has 2 amide bonds. The first-order valence-corrected chi connectivity index (χ1v) is 5.97. The number of carboxylic acids is 1. The van der Waals surface area contributed by atoms with Gasteiger partial charge in [0.25, 0.3) is 0 Å². The number of rotatable bonds is 4. The molecule has 1 saturated heterocycles. The van der Waals surface area contributed by atoms with Crippen molar-refractivity contribution in [1.29, 1.82) is 0 Å². The molecule has 1 aliphatic rings. The molecule has 0 aromatic rings. The summed E-state index contributed by atoms with van der Waals surface area (Å²) in [4.78, 5) is 23.8. The fourth-order valence-electron chi connectivity index (χ4n) is 1.51. The zero-order valence-electron chi connectivity index (χ0n) is 9.32. The molecule has 0 aliphatic carbocycles. The van der Waals surface area contributed by atoms with Crippen LogP contribution in [0.1, 0.15) is 6.42 Å². The van der Waals surface area contributed by atoms with Gasteiger partial charge in [0.2, 0.25) is 0 Å². The minimum absolute atomic E-state index is 0.0884. The van der Waals surface area contributed by atoms with Crippen LogP contribution in [0.4, 0.5) is 4.79 Å². The van der Waals surface area contributed by atoms with Crippen molar-refractivity contribution in [3.63, 3.8) is 0 Å². The monoisotopic (exact) mass is 306 g/mol. The van der Waals surface area contributed by atoms with E-state index in [1.54, 1.807) is 4.90 Å². The summed E-state index contributed by atoms with van der Waals surface area (Å²) in [5, 5.41) is 11.3. The SMILES string of the molecule is C=C(Br)CNC(=O)N1CCOC(CC(=O)O)C1. The van der Waals surface area contributed by atoms with Crippen LogP contribution in [0.25, 0.3) is 0 Å². The standard InChI is InChI=1S/C10H15BrN2O4/c1-7(11)5-12-10(16)13-2-3-17-8(6-13)4-9(14)15/h8H,1-6H2,(H,12,16)(H,14,15). The lowest BCUT2D eigenvalue weighted by atomic mass is 10.2. The fraction of sp³-hybridized carbons (Fsp3) is 0.600. The van der Waals surface area contributed by atoms with Gasteiger partial charge in [-0.3, -0.25) is 4.79 Å². The Hall–Kier alpha value is -1.08. The van der Waals surface area contributed by atoms with E-state index >= 15 is 0 Å². The van der Waals surface area contributed by atoms with E-state index in [0.717, 1.165) is 0 Å². The molecular weight excluding hydrogens is 292 g/mol. The predicted molar refractivity (Wildman–Crippen MR) is 65.0 cm³/mol. The van der Waals surface area contributed by atoms with Crippen LogP contribution in [0.3, 0.4) is 0 Å². The van der Waals surface area contributed by atoms with E-state index in [-0.39, 0.29) is 12.5 Å². The fourth-order valence-corrected chi connectivity index (χ4v) is 1.65. The van der Waals surface area contributed by atoms with Crippen LogP contribution in [0, 0.1) is 0 Å². The van der Waals surface area contributed by atoms with Gasteiger partial charge in [-0.1, -0.05) is 22.5 Å². The maximum atomic E-state index is 11.7. The zero-order chi connectivity index (χ0) is 12.8. The van der Waals surface area contributed by atoms with Crippen molar-refractivity contribution in [3.8, 4) is 0 Å². The largest absolute Gasteiger partial charge is 0.481 e. The minimum atomic E-state index is -0.925. The topological polar surface area (TPSA) is 78.9 Å². The number of hydrogen-bond donors (Lipinski definition) is 2. The molecular formula is C10H15BrN2O4. The van der Waals surface area contributed by atoms with Crippen LogP contribution >= 0.6 is 15.9 Å². The van der Waals surface area contributed by atoms with Crippen molar-refractivity contribution in [3.05, 3.63) is 11.1 Å². The van der Waals surface area contributed by atoms with Crippen LogP contribution in [-0.2, 0) is 9.53 Å². The molecule has 7 heteroatoms. The van der Waals surface area contributed by atoms with Crippen LogP contribution in [0.15, 0.2) is 11.1 Å². The van der Waals surface area contributed by atoms with Gasteiger partial charge in [0, 0.05) is 17.6 Å². The van der Waals surface area contributed by atoms with Crippen LogP contribution in [0.5, 0.6) is 0 Å². The van der Waals surface area contributed by atoms with E-state index in [4.69, 9.17) is 9.84 Å². The van der Waals surface area contributed by atoms with Gasteiger partial charge < -0.3 is 20.1 Å². The Labute approximate surface area is 108 Å². The molecule has 0 aromatic heterocycles. The number of carboxylic acid groups (broad SMARTS) is 1. The van der Waals surface area contributed by atoms with Crippen molar-refractivity contribution < 1.29 is 19.4 Å². The number of carbonyl (C=O) groups excluding carboxylic acids is 1. The number of halogens is 1. The predicted octanol–water partition coefficient (Wildman–Crippen LogP) is 0.780. The van der Waals surface area contributed by atoms with E-state index in [1.165, 1.54) is 0 Å². The normalized spacial score (nSPS) is 19.8. The lowest BCUT2D eigenvalue weighted by Gasteiger charge is -2.32. The molecule has 0 saturated carbocycles. The number of aliphatic carboxylic acids is 1. The van der Waals surface area contributed by atoms with Gasteiger partial charge in [0.05, 0.1) is 25.7 Å². The second-order valence-corrected chi connectivity index (χ2v) is 4.83. The van der Waals surface area contributed by atoms with Crippen molar-refractivity contribution in [2.24, 2.45) is 0 Å². The quantitative estimate of drug-likeness (QED) is 0.804. The van der Waals surface area contributed by atoms with Gasteiger partial charge in [-0.15, -0.1) is 0 Å². The number of nitrogens with one attached hydrogen (secondary N) is 1. The number of ether oxygens (including phenoxy) is 1. The van der Waals surface area contributed by atoms with Crippen molar-refractivity contribution in [1.82, 2.24) is 10.2 Å². The summed E-state index contributed by atoms with van der Waals surface area (Å²) < 4.78 is 5.95. The Kier molecular flexibility index (Phi) is 5.43. The van der Waals surface area contributed by atoms with Crippen LogP contribution in [0.2, 0.25) is 0 Å². The van der Waals surface area contributed by atoms with E-state index in [9.17, 15) is 9.59 Å². The number of morpholine rings is 1. The zero-order valence-corrected chi connectivity index (χ0v) is 10.9. The number of amides is 2. The highest BCUT2D eigenvalue weighted by Crippen LogP contribution is 2.09. The van der Waals surface area contributed by atoms with Crippen LogP contribution in [-0.4, -0.2) is 54.4 Å². The average molecular weight is 307 g/mol. The highest BCUT2D eigenvalue weighted by Gasteiger charge is 2.25. The van der Waals surface area contributed by atoms with E-state index in [0.29, 0.717) is 30.7 Å². The molecule has 0 bridgehead atoms. The number of hydrogen-bond acceptors (Lipinski definition) is 3. The van der Waals surface area contributed by atoms with Gasteiger partial charge in [0.15, 0.2) is 0 Å². The molecule has 1 atom stereocenters. The van der Waals surface area contributed by atoms with Gasteiger partial charge >= 0.3 is 12.0 Å². The summed E-state index contributed by atoms with van der Waals surface area (Å²) in [6.07, 6.45) is -0.520. The lowest BCUT2D eigenvalue weighted by molar-refractivity contribution is -0.141. The highest BCUT2D eigenvalue weighted by molar-refractivity contribution is 9.11. The molecule has 96 valence electrons.